The van der Waals surface area contributed by atoms with Crippen molar-refractivity contribution in [2.24, 2.45) is 5.92 Å². The maximum atomic E-state index is 12.2. The minimum Gasteiger partial charge on any atom is -0.406 e. The lowest BCUT2D eigenvalue weighted by Gasteiger charge is -2.36. The van der Waals surface area contributed by atoms with Crippen LogP contribution in [0, 0.1) is 5.92 Å². The Balaban J connectivity index is 1.91. The Morgan fingerprint density at radius 2 is 1.84 bits per heavy atom. The number of nitrogens with zero attached hydrogens (tertiary/aromatic N) is 1. The van der Waals surface area contributed by atoms with Gasteiger partial charge in [0, 0.05) is 31.2 Å². The second-order valence-corrected chi connectivity index (χ2v) is 6.24. The van der Waals surface area contributed by atoms with Crippen LogP contribution >= 0.6 is 0 Å². The summed E-state index contributed by atoms with van der Waals surface area (Å²) in [6, 6.07) is 5.07. The number of morpholine rings is 1. The molecule has 2 rings (SSSR count). The average Bonchev–Trinajstić information content (AvgIpc) is 2.54. The van der Waals surface area contributed by atoms with Gasteiger partial charge in [-0.15, -0.1) is 13.2 Å². The van der Waals surface area contributed by atoms with Crippen LogP contribution in [0.25, 0.3) is 0 Å². The van der Waals surface area contributed by atoms with Crippen molar-refractivity contribution in [1.82, 2.24) is 10.2 Å². The second-order valence-electron chi connectivity index (χ2n) is 6.24. The van der Waals surface area contributed by atoms with E-state index in [4.69, 9.17) is 4.74 Å². The molecule has 0 aromatic heterocycles. The zero-order chi connectivity index (χ0) is 18.4. The predicted molar refractivity (Wildman–Crippen MR) is 86.5 cm³/mol. The summed E-state index contributed by atoms with van der Waals surface area (Å²) in [4.78, 5) is 14.5. The quantitative estimate of drug-likeness (QED) is 0.848. The highest BCUT2D eigenvalue weighted by atomic mass is 19.4. The number of ether oxygens (including phenoxy) is 2. The molecular weight excluding hydrogens is 337 g/mol. The van der Waals surface area contributed by atoms with E-state index in [9.17, 15) is 18.0 Å². The Bertz CT molecular complexity index is 555. The Morgan fingerprint density at radius 3 is 2.36 bits per heavy atom. The molecule has 1 aromatic rings. The van der Waals surface area contributed by atoms with E-state index in [-0.39, 0.29) is 17.7 Å². The van der Waals surface area contributed by atoms with Crippen LogP contribution in [0.15, 0.2) is 24.3 Å². The fourth-order valence-corrected chi connectivity index (χ4v) is 2.80. The lowest BCUT2D eigenvalue weighted by molar-refractivity contribution is -0.274. The molecular formula is C17H23F3N2O3. The molecule has 1 heterocycles. The van der Waals surface area contributed by atoms with E-state index in [2.05, 4.69) is 28.8 Å². The van der Waals surface area contributed by atoms with Crippen molar-refractivity contribution in [3.63, 3.8) is 0 Å². The molecule has 0 saturated carbocycles. The third-order valence-corrected chi connectivity index (χ3v) is 4.11. The molecule has 1 fully saturated rings. The fourth-order valence-electron chi connectivity index (χ4n) is 2.80. The van der Waals surface area contributed by atoms with E-state index in [1.807, 2.05) is 0 Å². The van der Waals surface area contributed by atoms with Crippen molar-refractivity contribution in [3.05, 3.63) is 29.8 Å². The first-order valence-electron chi connectivity index (χ1n) is 8.22. The average molecular weight is 360 g/mol. The molecule has 0 spiro atoms. The van der Waals surface area contributed by atoms with E-state index < -0.39 is 6.36 Å². The third-order valence-electron chi connectivity index (χ3n) is 4.11. The smallest absolute Gasteiger partial charge is 0.406 e. The van der Waals surface area contributed by atoms with Gasteiger partial charge >= 0.3 is 6.36 Å². The molecule has 1 saturated heterocycles. The molecule has 0 bridgehead atoms. The maximum absolute atomic E-state index is 12.2. The number of hydrogen-bond donors (Lipinski definition) is 1. The third kappa shape index (κ3) is 6.21. The van der Waals surface area contributed by atoms with Crippen molar-refractivity contribution in [1.29, 1.82) is 0 Å². The van der Waals surface area contributed by atoms with Gasteiger partial charge in [-0.25, -0.2) is 0 Å². The Hall–Kier alpha value is -1.80. The van der Waals surface area contributed by atoms with Gasteiger partial charge < -0.3 is 14.8 Å². The molecule has 1 aliphatic heterocycles. The summed E-state index contributed by atoms with van der Waals surface area (Å²) in [5.41, 5.74) is 0.291. The number of benzene rings is 1. The molecule has 1 atom stereocenters. The molecule has 1 N–H and O–H groups in total. The van der Waals surface area contributed by atoms with E-state index in [0.29, 0.717) is 31.2 Å². The Labute approximate surface area is 145 Å². The van der Waals surface area contributed by atoms with Crippen molar-refractivity contribution in [2.45, 2.75) is 26.3 Å². The topological polar surface area (TPSA) is 50.8 Å². The molecule has 0 aliphatic carbocycles. The summed E-state index contributed by atoms with van der Waals surface area (Å²) in [6.07, 6.45) is -4.74. The zero-order valence-corrected chi connectivity index (χ0v) is 14.3. The van der Waals surface area contributed by atoms with Gasteiger partial charge in [0.2, 0.25) is 0 Å². The first-order chi connectivity index (χ1) is 11.8. The highest BCUT2D eigenvalue weighted by Gasteiger charge is 2.31. The largest absolute Gasteiger partial charge is 0.573 e. The molecule has 1 aromatic carbocycles. The van der Waals surface area contributed by atoms with E-state index in [1.54, 1.807) is 0 Å². The number of carbonyl (C=O) groups is 1. The summed E-state index contributed by atoms with van der Waals surface area (Å²) < 4.78 is 45.6. The van der Waals surface area contributed by atoms with Crippen LogP contribution in [0.4, 0.5) is 13.2 Å². The van der Waals surface area contributed by atoms with Gasteiger partial charge in [0.15, 0.2) is 0 Å². The SMILES string of the molecule is CC(C)C(CNC(=O)c1ccc(OC(F)(F)F)cc1)N1CCOCC1. The lowest BCUT2D eigenvalue weighted by atomic mass is 10.0. The van der Waals surface area contributed by atoms with Crippen molar-refractivity contribution in [3.8, 4) is 5.75 Å². The molecule has 1 amide bonds. The highest BCUT2D eigenvalue weighted by molar-refractivity contribution is 5.94. The molecule has 1 unspecified atom stereocenters. The molecule has 1 aliphatic rings. The van der Waals surface area contributed by atoms with Crippen molar-refractivity contribution < 1.29 is 27.4 Å². The van der Waals surface area contributed by atoms with Crippen LogP contribution in [0.3, 0.4) is 0 Å². The number of nitrogens with one attached hydrogen (secondary N) is 1. The van der Waals surface area contributed by atoms with Crippen LogP contribution in [-0.4, -0.2) is 56.1 Å². The Morgan fingerprint density at radius 1 is 1.24 bits per heavy atom. The normalized spacial score (nSPS) is 17.4. The number of hydrogen-bond acceptors (Lipinski definition) is 4. The van der Waals surface area contributed by atoms with Gasteiger partial charge in [-0.1, -0.05) is 13.8 Å². The first kappa shape index (κ1) is 19.5. The minimum absolute atomic E-state index is 0.181. The maximum Gasteiger partial charge on any atom is 0.573 e. The van der Waals surface area contributed by atoms with Crippen LogP contribution in [-0.2, 0) is 4.74 Å². The van der Waals surface area contributed by atoms with Gasteiger partial charge in [-0.05, 0) is 30.2 Å². The number of alkyl halides is 3. The van der Waals surface area contributed by atoms with Crippen LogP contribution in [0.1, 0.15) is 24.2 Å². The number of rotatable bonds is 6. The minimum atomic E-state index is -4.74. The predicted octanol–water partition coefficient (Wildman–Crippen LogP) is 2.67. The number of carbonyl (C=O) groups excluding carboxylic acids is 1. The summed E-state index contributed by atoms with van der Waals surface area (Å²) in [6.45, 7) is 7.66. The van der Waals surface area contributed by atoms with E-state index in [1.165, 1.54) is 12.1 Å². The summed E-state index contributed by atoms with van der Waals surface area (Å²) in [7, 11) is 0. The van der Waals surface area contributed by atoms with Gasteiger partial charge in [0.1, 0.15) is 5.75 Å². The first-order valence-corrected chi connectivity index (χ1v) is 8.22. The molecule has 5 nitrogen and oxygen atoms in total. The van der Waals surface area contributed by atoms with Crippen molar-refractivity contribution in [2.75, 3.05) is 32.8 Å². The summed E-state index contributed by atoms with van der Waals surface area (Å²) in [5, 5.41) is 2.86. The van der Waals surface area contributed by atoms with Gasteiger partial charge in [0.05, 0.1) is 13.2 Å². The summed E-state index contributed by atoms with van der Waals surface area (Å²) >= 11 is 0. The number of amides is 1. The zero-order valence-electron chi connectivity index (χ0n) is 14.3. The highest BCUT2D eigenvalue weighted by Crippen LogP contribution is 2.22. The van der Waals surface area contributed by atoms with Gasteiger partial charge in [0.25, 0.3) is 5.91 Å². The van der Waals surface area contributed by atoms with Crippen LogP contribution < -0.4 is 10.1 Å². The molecule has 140 valence electrons. The molecule has 25 heavy (non-hydrogen) atoms. The number of halogens is 3. The fraction of sp³-hybridized carbons (Fsp3) is 0.588. The Kier molecular flexibility index (Phi) is 6.66. The second kappa shape index (κ2) is 8.53. The molecule has 8 heteroatoms. The summed E-state index contributed by atoms with van der Waals surface area (Å²) in [5.74, 6) is -0.323. The monoisotopic (exact) mass is 360 g/mol. The van der Waals surface area contributed by atoms with Crippen molar-refractivity contribution >= 4 is 5.91 Å². The standard InChI is InChI=1S/C17H23F3N2O3/c1-12(2)15(22-7-9-24-10-8-22)11-21-16(23)13-3-5-14(6-4-13)25-17(18,19)20/h3-6,12,15H,7-11H2,1-2H3,(H,21,23). The lowest BCUT2D eigenvalue weighted by Crippen LogP contribution is -2.51. The molecule has 0 radical (unpaired) electrons. The van der Waals surface area contributed by atoms with E-state index >= 15 is 0 Å². The van der Waals surface area contributed by atoms with Gasteiger partial charge in [-0.3, -0.25) is 9.69 Å². The van der Waals surface area contributed by atoms with Crippen LogP contribution in [0.2, 0.25) is 0 Å². The van der Waals surface area contributed by atoms with E-state index in [0.717, 1.165) is 25.2 Å². The van der Waals surface area contributed by atoms with Gasteiger partial charge in [-0.2, -0.15) is 0 Å². The van der Waals surface area contributed by atoms with Crippen LogP contribution in [0.5, 0.6) is 5.75 Å².